The predicted molar refractivity (Wildman–Crippen MR) is 142 cm³/mol. The molecule has 0 aliphatic carbocycles. The monoisotopic (exact) mass is 573 g/mol. The molecule has 3 rings (SSSR count). The fourth-order valence-corrected chi connectivity index (χ4v) is 6.30. The Kier molecular flexibility index (Phi) is 9.07. The number of carbonyl (C=O) groups is 1. The van der Waals surface area contributed by atoms with Gasteiger partial charge in [-0.15, -0.1) is 12.4 Å². The Morgan fingerprint density at radius 2 is 1.68 bits per heavy atom. The van der Waals surface area contributed by atoms with Gasteiger partial charge in [0.25, 0.3) is 15.9 Å². The minimum absolute atomic E-state index is 0. The van der Waals surface area contributed by atoms with Gasteiger partial charge in [-0.25, -0.2) is 8.42 Å². The van der Waals surface area contributed by atoms with Crippen LogP contribution in [0.15, 0.2) is 51.8 Å². The van der Waals surface area contributed by atoms with Crippen molar-refractivity contribution in [3.05, 3.63) is 52.5 Å². The molecule has 2 aromatic rings. The van der Waals surface area contributed by atoms with E-state index in [9.17, 15) is 13.2 Å². The summed E-state index contributed by atoms with van der Waals surface area (Å²) in [6, 6.07) is 11.3. The Balaban J connectivity index is 0.00000408. The van der Waals surface area contributed by atoms with Crippen molar-refractivity contribution >= 4 is 50.0 Å². The van der Waals surface area contributed by atoms with Gasteiger partial charge in [0.15, 0.2) is 0 Å². The van der Waals surface area contributed by atoms with E-state index in [1.165, 1.54) is 6.07 Å². The largest absolute Gasteiger partial charge is 0.492 e. The molecule has 1 saturated heterocycles. The van der Waals surface area contributed by atoms with Crippen molar-refractivity contribution in [2.24, 2.45) is 0 Å². The Morgan fingerprint density at radius 3 is 2.24 bits per heavy atom. The molecule has 1 aliphatic rings. The van der Waals surface area contributed by atoms with E-state index in [-0.39, 0.29) is 46.1 Å². The molecule has 1 aliphatic heterocycles. The molecular weight excluding hydrogens is 542 g/mol. The first-order valence-electron chi connectivity index (χ1n) is 11.0. The molecule has 2 aromatic carbocycles. The second kappa shape index (κ2) is 10.8. The first kappa shape index (κ1) is 28.4. The zero-order valence-corrected chi connectivity index (χ0v) is 23.3. The summed E-state index contributed by atoms with van der Waals surface area (Å²) < 4.78 is 34.6. The van der Waals surface area contributed by atoms with Crippen LogP contribution in [0.1, 0.15) is 57.8 Å². The molecule has 0 atom stereocenters. The van der Waals surface area contributed by atoms with Crippen molar-refractivity contribution in [3.63, 3.8) is 0 Å². The van der Waals surface area contributed by atoms with Crippen LogP contribution in [-0.4, -0.2) is 38.1 Å². The molecule has 10 heteroatoms. The summed E-state index contributed by atoms with van der Waals surface area (Å²) in [5.74, 6) is 0.102. The van der Waals surface area contributed by atoms with Crippen LogP contribution < -0.4 is 20.1 Å². The van der Waals surface area contributed by atoms with Gasteiger partial charge in [0, 0.05) is 32.8 Å². The first-order chi connectivity index (χ1) is 15.3. The van der Waals surface area contributed by atoms with Crippen LogP contribution in [0.3, 0.4) is 0 Å². The molecule has 7 nitrogen and oxygen atoms in total. The lowest BCUT2D eigenvalue weighted by atomic mass is 9.79. The Labute approximate surface area is 217 Å². The fraction of sp³-hybridized carbons (Fsp3) is 0.458. The minimum Gasteiger partial charge on any atom is -0.492 e. The lowest BCUT2D eigenvalue weighted by Gasteiger charge is -2.46. The van der Waals surface area contributed by atoms with E-state index in [0.29, 0.717) is 22.3 Å². The molecule has 0 saturated carbocycles. The van der Waals surface area contributed by atoms with E-state index in [1.807, 2.05) is 0 Å². The van der Waals surface area contributed by atoms with Gasteiger partial charge < -0.3 is 15.4 Å². The zero-order valence-electron chi connectivity index (χ0n) is 20.1. The van der Waals surface area contributed by atoms with Crippen LogP contribution in [0.2, 0.25) is 0 Å². The number of carbonyl (C=O) groups excluding carboxylic acids is 1. The van der Waals surface area contributed by atoms with Gasteiger partial charge in [0.2, 0.25) is 0 Å². The number of rotatable bonds is 7. The van der Waals surface area contributed by atoms with Gasteiger partial charge in [0.1, 0.15) is 10.6 Å². The summed E-state index contributed by atoms with van der Waals surface area (Å²) in [5, 5.41) is 6.73. The first-order valence-corrected chi connectivity index (χ1v) is 13.2. The highest BCUT2D eigenvalue weighted by Gasteiger charge is 2.38. The van der Waals surface area contributed by atoms with Gasteiger partial charge >= 0.3 is 0 Å². The lowest BCUT2D eigenvalue weighted by Crippen LogP contribution is -2.62. The highest BCUT2D eigenvalue weighted by molar-refractivity contribution is 9.10. The van der Waals surface area contributed by atoms with Crippen LogP contribution in [0.4, 0.5) is 5.69 Å². The third-order valence-electron chi connectivity index (χ3n) is 5.42. The molecule has 0 spiro atoms. The molecule has 0 radical (unpaired) electrons. The number of halogens is 2. The van der Waals surface area contributed by atoms with Crippen molar-refractivity contribution in [3.8, 4) is 5.75 Å². The average Bonchev–Trinajstić information content (AvgIpc) is 2.67. The maximum Gasteiger partial charge on any atom is 0.265 e. The molecule has 0 unspecified atom stereocenters. The van der Waals surface area contributed by atoms with E-state index in [0.717, 1.165) is 12.8 Å². The van der Waals surface area contributed by atoms with Crippen LogP contribution in [0, 0.1) is 0 Å². The van der Waals surface area contributed by atoms with E-state index < -0.39 is 10.0 Å². The van der Waals surface area contributed by atoms with Crippen LogP contribution in [0.25, 0.3) is 0 Å². The van der Waals surface area contributed by atoms with Crippen molar-refractivity contribution in [1.82, 2.24) is 10.6 Å². The van der Waals surface area contributed by atoms with Crippen LogP contribution in [0.5, 0.6) is 5.75 Å². The minimum atomic E-state index is -3.88. The number of hydrogen-bond acceptors (Lipinski definition) is 5. The summed E-state index contributed by atoms with van der Waals surface area (Å²) in [7, 11) is -3.88. The number of hydrogen-bond donors (Lipinski definition) is 3. The van der Waals surface area contributed by atoms with Gasteiger partial charge in [-0.05, 0) is 89.9 Å². The SMILES string of the molecule is CCOc1ccc(Br)cc1S(=O)(=O)Nc1ccc(C(=O)NC2CC(C)(C)NC(C)(C)C2)cc1.Cl. The normalized spacial score (nSPS) is 17.4. The molecule has 1 fully saturated rings. The topological polar surface area (TPSA) is 96.5 Å². The molecule has 188 valence electrons. The number of piperidine rings is 1. The van der Waals surface area contributed by atoms with Crippen LogP contribution >= 0.6 is 28.3 Å². The van der Waals surface area contributed by atoms with Crippen molar-refractivity contribution in [2.45, 2.75) is 69.5 Å². The Hall–Kier alpha value is -1.81. The number of amides is 1. The Bertz CT molecular complexity index is 1110. The lowest BCUT2D eigenvalue weighted by molar-refractivity contribution is 0.0873. The number of sulfonamides is 1. The molecule has 0 bridgehead atoms. The predicted octanol–water partition coefficient (Wildman–Crippen LogP) is 5.11. The number of anilines is 1. The Morgan fingerprint density at radius 1 is 1.09 bits per heavy atom. The summed E-state index contributed by atoms with van der Waals surface area (Å²) >= 11 is 3.31. The average molecular weight is 575 g/mol. The summed E-state index contributed by atoms with van der Waals surface area (Å²) in [4.78, 5) is 12.9. The molecular formula is C24H33BrClN3O4S. The second-order valence-electron chi connectivity index (χ2n) is 9.68. The standard InChI is InChI=1S/C24H32BrN3O4S.ClH/c1-6-32-20-12-9-17(25)13-21(20)33(30,31)27-18-10-7-16(8-11-18)22(29)26-19-14-23(2,3)28-24(4,5)15-19;/h7-13,19,27-28H,6,14-15H2,1-5H3,(H,26,29);1H. The third-order valence-corrected chi connectivity index (χ3v) is 7.32. The quantitative estimate of drug-likeness (QED) is 0.427. The van der Waals surface area contributed by atoms with Gasteiger partial charge in [-0.3, -0.25) is 9.52 Å². The van der Waals surface area contributed by atoms with Crippen molar-refractivity contribution < 1.29 is 17.9 Å². The molecule has 3 N–H and O–H groups in total. The second-order valence-corrected chi connectivity index (χ2v) is 12.2. The third kappa shape index (κ3) is 7.34. The zero-order chi connectivity index (χ0) is 24.4. The van der Waals surface area contributed by atoms with Crippen molar-refractivity contribution in [2.75, 3.05) is 11.3 Å². The molecule has 1 amide bonds. The molecule has 1 heterocycles. The van der Waals surface area contributed by atoms with Gasteiger partial charge in [0.05, 0.1) is 6.61 Å². The summed E-state index contributed by atoms with van der Waals surface area (Å²) in [6.45, 7) is 10.7. The van der Waals surface area contributed by atoms with Gasteiger partial charge in [-0.1, -0.05) is 15.9 Å². The smallest absolute Gasteiger partial charge is 0.265 e. The van der Waals surface area contributed by atoms with E-state index >= 15 is 0 Å². The number of benzene rings is 2. The van der Waals surface area contributed by atoms with E-state index in [1.54, 1.807) is 43.3 Å². The molecule has 34 heavy (non-hydrogen) atoms. The number of ether oxygens (including phenoxy) is 1. The summed E-state index contributed by atoms with van der Waals surface area (Å²) in [5.41, 5.74) is 0.686. The van der Waals surface area contributed by atoms with E-state index in [2.05, 4.69) is 59.0 Å². The molecule has 0 aromatic heterocycles. The van der Waals surface area contributed by atoms with Crippen molar-refractivity contribution in [1.29, 1.82) is 0 Å². The highest BCUT2D eigenvalue weighted by atomic mass is 79.9. The summed E-state index contributed by atoms with van der Waals surface area (Å²) in [6.07, 6.45) is 1.66. The maximum absolute atomic E-state index is 13.0. The van der Waals surface area contributed by atoms with Crippen LogP contribution in [-0.2, 0) is 10.0 Å². The fourth-order valence-electron chi connectivity index (χ4n) is 4.56. The maximum atomic E-state index is 13.0. The van der Waals surface area contributed by atoms with E-state index in [4.69, 9.17) is 4.74 Å². The van der Waals surface area contributed by atoms with Gasteiger partial charge in [-0.2, -0.15) is 0 Å². The highest BCUT2D eigenvalue weighted by Crippen LogP contribution is 2.30. The number of nitrogens with one attached hydrogen (secondary N) is 3.